The van der Waals surface area contributed by atoms with E-state index in [9.17, 15) is 24.3 Å². The monoisotopic (exact) mass is 593 g/mol. The van der Waals surface area contributed by atoms with Gasteiger partial charge in [-0.3, -0.25) is 19.2 Å². The quantitative estimate of drug-likeness (QED) is 0.384. The van der Waals surface area contributed by atoms with Crippen molar-refractivity contribution < 1.29 is 33.8 Å². The third-order valence-corrected chi connectivity index (χ3v) is 9.01. The van der Waals surface area contributed by atoms with E-state index in [4.69, 9.17) is 9.47 Å². The number of ether oxygens (including phenoxy) is 2. The summed E-state index contributed by atoms with van der Waals surface area (Å²) >= 11 is 0. The van der Waals surface area contributed by atoms with E-state index in [0.717, 1.165) is 5.56 Å². The second-order valence-electron chi connectivity index (χ2n) is 12.7. The Morgan fingerprint density at radius 2 is 1.79 bits per heavy atom. The van der Waals surface area contributed by atoms with Crippen LogP contribution in [0.4, 0.5) is 0 Å². The lowest BCUT2D eigenvalue weighted by Crippen LogP contribution is -2.59. The highest BCUT2D eigenvalue weighted by atomic mass is 16.5. The molecule has 2 fully saturated rings. The Labute approximate surface area is 253 Å². The van der Waals surface area contributed by atoms with E-state index in [1.807, 2.05) is 64.1 Å². The van der Waals surface area contributed by atoms with Crippen molar-refractivity contribution in [1.29, 1.82) is 0 Å². The summed E-state index contributed by atoms with van der Waals surface area (Å²) in [5.74, 6) is -3.25. The first-order valence-electron chi connectivity index (χ1n) is 15.4. The van der Waals surface area contributed by atoms with E-state index in [-0.39, 0.29) is 49.4 Å². The van der Waals surface area contributed by atoms with Crippen molar-refractivity contribution in [3.63, 3.8) is 0 Å². The molecule has 1 aromatic carbocycles. The Hall–Kier alpha value is -3.50. The maximum atomic E-state index is 14.6. The van der Waals surface area contributed by atoms with Crippen LogP contribution in [0.15, 0.2) is 54.6 Å². The van der Waals surface area contributed by atoms with Crippen molar-refractivity contribution in [1.82, 2.24) is 15.1 Å². The first-order valence-corrected chi connectivity index (χ1v) is 15.4. The number of rotatable bonds is 6. The van der Waals surface area contributed by atoms with Gasteiger partial charge < -0.3 is 29.7 Å². The van der Waals surface area contributed by atoms with Gasteiger partial charge in [-0.15, -0.1) is 0 Å². The Balaban J connectivity index is 1.62. The van der Waals surface area contributed by atoms with Crippen molar-refractivity contribution in [2.75, 3.05) is 19.8 Å². The van der Waals surface area contributed by atoms with Crippen LogP contribution in [0, 0.1) is 17.8 Å². The maximum Gasteiger partial charge on any atom is 0.306 e. The summed E-state index contributed by atoms with van der Waals surface area (Å²) in [6.07, 6.45) is 7.37. The molecule has 1 aromatic rings. The Bertz CT molecular complexity index is 1280. The van der Waals surface area contributed by atoms with Gasteiger partial charge in [-0.1, -0.05) is 68.5 Å². The highest BCUT2D eigenvalue weighted by molar-refractivity contribution is 6.00. The zero-order valence-corrected chi connectivity index (χ0v) is 25.3. The number of benzene rings is 1. The molecule has 0 unspecified atom stereocenters. The fourth-order valence-corrected chi connectivity index (χ4v) is 7.07. The number of hydrogen-bond acceptors (Lipinski definition) is 7. The van der Waals surface area contributed by atoms with Gasteiger partial charge in [-0.25, -0.2) is 0 Å². The number of aliphatic hydroxyl groups excluding tert-OH is 1. The average Bonchev–Trinajstić information content (AvgIpc) is 3.36. The lowest BCUT2D eigenvalue weighted by atomic mass is 9.77. The van der Waals surface area contributed by atoms with Crippen molar-refractivity contribution >= 4 is 23.7 Å². The predicted octanol–water partition coefficient (Wildman–Crippen LogP) is 2.53. The van der Waals surface area contributed by atoms with Gasteiger partial charge in [-0.05, 0) is 38.2 Å². The molecular weight excluding hydrogens is 550 g/mol. The molecule has 7 atom stereocenters. The highest BCUT2D eigenvalue weighted by Crippen LogP contribution is 2.53. The van der Waals surface area contributed by atoms with Crippen LogP contribution in [-0.2, 0) is 28.7 Å². The summed E-state index contributed by atoms with van der Waals surface area (Å²) < 4.78 is 12.3. The molecule has 0 bridgehead atoms. The molecule has 4 aliphatic rings. The second-order valence-corrected chi connectivity index (χ2v) is 12.7. The summed E-state index contributed by atoms with van der Waals surface area (Å²) in [7, 11) is 0. The molecule has 232 valence electrons. The lowest BCUT2D eigenvalue weighted by Gasteiger charge is -2.39. The standard InChI is InChI=1S/C33H43N3O7/c1-20(2)17-23(18-37)36-29-32(41)35(21(3)4)16-10-15-33(29)28(31(36)40)27-25(43-33)13-8-9-14-26(38)42-19-24(34-30(27)39)22-11-6-5-7-12-22/h5-8,10-13,15,20-21,23-25,27-29,37H,9,14,16-19H2,1-4H3,(H,34,39)/b13-8-/t23-,24-,25+,27-,28-,29+,33-/m1/s1. The number of esters is 1. The number of carbonyl (C=O) groups excluding carboxylic acids is 4. The third-order valence-electron chi connectivity index (χ3n) is 9.01. The largest absolute Gasteiger partial charge is 0.463 e. The normalized spacial score (nSPS) is 32.8. The molecule has 0 aromatic heterocycles. The molecule has 1 spiro atoms. The SMILES string of the molecule is CC(C)C[C@H](CO)N1C(=O)[C@H]2[C@@H]3C(=O)N[C@@H](c4ccccc4)COC(=O)CC/C=C\[C@@H]3O[C@]23C=CCN(C(C)C)C(=O)[C@H]13. The lowest BCUT2D eigenvalue weighted by molar-refractivity contribution is -0.152. The molecule has 10 nitrogen and oxygen atoms in total. The molecule has 10 heteroatoms. The van der Waals surface area contributed by atoms with E-state index < -0.39 is 47.6 Å². The molecule has 0 aliphatic carbocycles. The molecule has 3 amide bonds. The number of hydrogen-bond donors (Lipinski definition) is 2. The van der Waals surface area contributed by atoms with Gasteiger partial charge in [0.15, 0.2) is 0 Å². The van der Waals surface area contributed by atoms with Gasteiger partial charge in [-0.2, -0.15) is 0 Å². The van der Waals surface area contributed by atoms with Crippen LogP contribution in [0.1, 0.15) is 58.6 Å². The van der Waals surface area contributed by atoms with Gasteiger partial charge >= 0.3 is 5.97 Å². The van der Waals surface area contributed by atoms with E-state index in [1.165, 1.54) is 4.90 Å². The topological polar surface area (TPSA) is 125 Å². The number of carbonyl (C=O) groups is 4. The summed E-state index contributed by atoms with van der Waals surface area (Å²) in [6, 6.07) is 6.80. The number of allylic oxidation sites excluding steroid dienone is 1. The average molecular weight is 594 g/mol. The summed E-state index contributed by atoms with van der Waals surface area (Å²) in [5, 5.41) is 13.5. The molecular formula is C33H43N3O7. The molecule has 0 radical (unpaired) electrons. The minimum absolute atomic E-state index is 0.0578. The van der Waals surface area contributed by atoms with Crippen LogP contribution in [0.25, 0.3) is 0 Å². The molecule has 43 heavy (non-hydrogen) atoms. The Kier molecular flexibility index (Phi) is 9.08. The van der Waals surface area contributed by atoms with Crippen LogP contribution in [-0.4, -0.2) is 88.2 Å². The van der Waals surface area contributed by atoms with Crippen LogP contribution in [0.5, 0.6) is 0 Å². The van der Waals surface area contributed by atoms with Crippen molar-refractivity contribution in [3.8, 4) is 0 Å². The van der Waals surface area contributed by atoms with Gasteiger partial charge in [0.05, 0.1) is 36.6 Å². The summed E-state index contributed by atoms with van der Waals surface area (Å²) in [6.45, 7) is 7.82. The zero-order valence-electron chi connectivity index (χ0n) is 25.3. The van der Waals surface area contributed by atoms with E-state index in [1.54, 1.807) is 23.1 Å². The molecule has 2 saturated heterocycles. The molecule has 4 aliphatic heterocycles. The third kappa shape index (κ3) is 5.74. The minimum Gasteiger partial charge on any atom is -0.463 e. The number of nitrogens with zero attached hydrogens (tertiary/aromatic N) is 2. The van der Waals surface area contributed by atoms with Crippen molar-refractivity contribution in [2.24, 2.45) is 17.8 Å². The van der Waals surface area contributed by atoms with Crippen LogP contribution in [0.3, 0.4) is 0 Å². The first-order chi connectivity index (χ1) is 20.6. The summed E-state index contributed by atoms with van der Waals surface area (Å²) in [5.41, 5.74) is -0.651. The molecule has 2 N–H and O–H groups in total. The van der Waals surface area contributed by atoms with E-state index in [2.05, 4.69) is 5.32 Å². The highest BCUT2D eigenvalue weighted by Gasteiger charge is 2.72. The van der Waals surface area contributed by atoms with E-state index >= 15 is 0 Å². The molecule has 5 rings (SSSR count). The van der Waals surface area contributed by atoms with Crippen molar-refractivity contribution in [2.45, 2.75) is 82.8 Å². The maximum absolute atomic E-state index is 14.6. The number of aliphatic hydroxyl groups is 1. The van der Waals surface area contributed by atoms with E-state index in [0.29, 0.717) is 19.4 Å². The number of cyclic esters (lactones) is 1. The van der Waals surface area contributed by atoms with Crippen LogP contribution in [0.2, 0.25) is 0 Å². The van der Waals surface area contributed by atoms with Crippen LogP contribution < -0.4 is 5.32 Å². The Morgan fingerprint density at radius 3 is 2.47 bits per heavy atom. The smallest absolute Gasteiger partial charge is 0.306 e. The second kappa shape index (κ2) is 12.6. The molecule has 4 heterocycles. The van der Waals surface area contributed by atoms with Gasteiger partial charge in [0.2, 0.25) is 17.7 Å². The fourth-order valence-electron chi connectivity index (χ4n) is 7.07. The van der Waals surface area contributed by atoms with Crippen molar-refractivity contribution in [3.05, 3.63) is 60.2 Å². The minimum atomic E-state index is -1.41. The van der Waals surface area contributed by atoms with Gasteiger partial charge in [0, 0.05) is 19.0 Å². The number of fused-ring (bicyclic) bond motifs is 2. The first kappa shape index (κ1) is 30.9. The van der Waals surface area contributed by atoms with Gasteiger partial charge in [0.1, 0.15) is 18.2 Å². The molecule has 0 saturated carbocycles. The Morgan fingerprint density at radius 1 is 1.05 bits per heavy atom. The number of amides is 3. The number of likely N-dealkylation sites (tertiary alicyclic amines) is 1. The van der Waals surface area contributed by atoms with Gasteiger partial charge in [0.25, 0.3) is 0 Å². The number of nitrogens with one attached hydrogen (secondary N) is 1. The predicted molar refractivity (Wildman–Crippen MR) is 158 cm³/mol. The summed E-state index contributed by atoms with van der Waals surface area (Å²) in [4.78, 5) is 58.8. The van der Waals surface area contributed by atoms with Crippen LogP contribution >= 0.6 is 0 Å². The zero-order chi connectivity index (χ0) is 30.9. The fraction of sp³-hybridized carbons (Fsp3) is 0.576.